The lowest BCUT2D eigenvalue weighted by atomic mass is 9.98. The highest BCUT2D eigenvalue weighted by Crippen LogP contribution is 2.30. The van der Waals surface area contributed by atoms with E-state index in [0.717, 1.165) is 11.0 Å². The maximum atomic E-state index is 12.3. The molecule has 0 spiro atoms. The quantitative estimate of drug-likeness (QED) is 0.482. The molecular weight excluding hydrogens is 410 g/mol. The lowest BCUT2D eigenvalue weighted by Crippen LogP contribution is -2.47. The van der Waals surface area contributed by atoms with Gasteiger partial charge < -0.3 is 20.3 Å². The lowest BCUT2D eigenvalue weighted by Gasteiger charge is -2.23. The summed E-state index contributed by atoms with van der Waals surface area (Å²) in [6.45, 7) is 0.705. The third kappa shape index (κ3) is 3.74. The summed E-state index contributed by atoms with van der Waals surface area (Å²) in [4.78, 5) is 39.8. The van der Waals surface area contributed by atoms with E-state index in [1.165, 1.54) is 17.3 Å². The van der Waals surface area contributed by atoms with Crippen LogP contribution in [0, 0.1) is 0 Å². The largest absolute Gasteiger partial charge is 0.390 e. The second-order valence-corrected chi connectivity index (χ2v) is 6.93. The van der Waals surface area contributed by atoms with E-state index in [2.05, 4.69) is 26.2 Å². The summed E-state index contributed by atoms with van der Waals surface area (Å²) in [5.41, 5.74) is -1.03. The van der Waals surface area contributed by atoms with Crippen molar-refractivity contribution in [2.24, 2.45) is 0 Å². The summed E-state index contributed by atoms with van der Waals surface area (Å²) < 4.78 is 6.75. The van der Waals surface area contributed by atoms with Crippen molar-refractivity contribution in [3.05, 3.63) is 37.6 Å². The highest BCUT2D eigenvalue weighted by atomic mass is 79.9. The van der Waals surface area contributed by atoms with Crippen LogP contribution in [0.4, 0.5) is 0 Å². The van der Waals surface area contributed by atoms with Crippen LogP contribution < -0.4 is 16.6 Å². The molecular formula is C16H20BrN3O6. The molecule has 3 heterocycles. The number of halogens is 1. The van der Waals surface area contributed by atoms with Crippen LogP contribution in [0.15, 0.2) is 20.8 Å². The van der Waals surface area contributed by atoms with E-state index in [1.54, 1.807) is 0 Å². The summed E-state index contributed by atoms with van der Waals surface area (Å²) >= 11 is 3.06. The summed E-state index contributed by atoms with van der Waals surface area (Å²) in [5, 5.41) is 23.6. The van der Waals surface area contributed by atoms with Crippen LogP contribution in [-0.4, -0.2) is 56.4 Å². The molecule has 5 atom stereocenters. The molecule has 1 aromatic heterocycles. The predicted molar refractivity (Wildman–Crippen MR) is 95.9 cm³/mol. The molecule has 2 aliphatic rings. The summed E-state index contributed by atoms with van der Waals surface area (Å²) in [6, 6.07) is -0.452. The van der Waals surface area contributed by atoms with E-state index < -0.39 is 47.6 Å². The Morgan fingerprint density at radius 1 is 1.46 bits per heavy atom. The van der Waals surface area contributed by atoms with Gasteiger partial charge in [0, 0.05) is 12.6 Å². The number of hydrogen-bond donors (Lipinski definition) is 4. The van der Waals surface area contributed by atoms with Crippen molar-refractivity contribution in [2.45, 2.75) is 49.8 Å². The smallest absolute Gasteiger partial charge is 0.330 e. The van der Waals surface area contributed by atoms with Gasteiger partial charge >= 0.3 is 5.69 Å². The fourth-order valence-corrected chi connectivity index (χ4v) is 3.61. The minimum atomic E-state index is -1.49. The third-order valence-corrected chi connectivity index (χ3v) is 4.96. The number of ether oxygens (including phenoxy) is 1. The number of nitrogens with one attached hydrogen (secondary N) is 2. The van der Waals surface area contributed by atoms with Crippen molar-refractivity contribution in [2.75, 3.05) is 6.54 Å². The molecule has 0 saturated carbocycles. The Morgan fingerprint density at radius 3 is 2.88 bits per heavy atom. The van der Waals surface area contributed by atoms with Gasteiger partial charge in [0.05, 0.1) is 17.7 Å². The van der Waals surface area contributed by atoms with Crippen molar-refractivity contribution >= 4 is 27.8 Å². The Labute approximate surface area is 156 Å². The predicted octanol–water partition coefficient (Wildman–Crippen LogP) is -0.767. The van der Waals surface area contributed by atoms with Gasteiger partial charge in [-0.05, 0) is 30.4 Å². The molecule has 142 valence electrons. The summed E-state index contributed by atoms with van der Waals surface area (Å²) in [5.74, 6) is -0.427. The number of carbonyl (C=O) groups is 1. The second-order valence-electron chi connectivity index (χ2n) is 6.40. The fourth-order valence-electron chi connectivity index (χ4n) is 3.33. The van der Waals surface area contributed by atoms with Crippen LogP contribution in [0.2, 0.25) is 0 Å². The maximum Gasteiger partial charge on any atom is 0.330 e. The van der Waals surface area contributed by atoms with Crippen LogP contribution in [0.1, 0.15) is 31.1 Å². The number of aromatic amines is 1. The summed E-state index contributed by atoms with van der Waals surface area (Å²) in [7, 11) is 0. The number of aliphatic hydroxyl groups excluding tert-OH is 2. The zero-order valence-corrected chi connectivity index (χ0v) is 15.4. The molecule has 10 heteroatoms. The number of carbonyl (C=O) groups excluding carboxylic acids is 1. The average molecular weight is 430 g/mol. The molecule has 0 bridgehead atoms. The Kier molecular flexibility index (Phi) is 5.88. The lowest BCUT2D eigenvalue weighted by molar-refractivity contribution is -0.143. The first-order valence-electron chi connectivity index (χ1n) is 8.33. The van der Waals surface area contributed by atoms with Crippen LogP contribution >= 0.6 is 15.9 Å². The minimum absolute atomic E-state index is 0.0104. The molecule has 0 aliphatic carbocycles. The highest BCUT2D eigenvalue weighted by molar-refractivity contribution is 9.11. The highest BCUT2D eigenvalue weighted by Gasteiger charge is 2.44. The SMILES string of the molecule is O=C(C(O)[C@H]1O[C@@H](n2cc(/C=C/Br)c(=O)[nH]c2=O)C[C@@H]1O)[C@@H]1CCCN1. The molecule has 1 aromatic rings. The third-order valence-electron chi connectivity index (χ3n) is 4.69. The molecule has 1 unspecified atom stereocenters. The number of ketones is 1. The zero-order chi connectivity index (χ0) is 18.8. The molecule has 0 radical (unpaired) electrons. The van der Waals surface area contributed by atoms with Gasteiger partial charge in [-0.1, -0.05) is 15.9 Å². The fraction of sp³-hybridized carbons (Fsp3) is 0.562. The van der Waals surface area contributed by atoms with Gasteiger partial charge in [0.15, 0.2) is 5.78 Å². The first-order valence-corrected chi connectivity index (χ1v) is 9.25. The number of aliphatic hydroxyl groups is 2. The molecule has 9 nitrogen and oxygen atoms in total. The van der Waals surface area contributed by atoms with Crippen molar-refractivity contribution in [3.8, 4) is 0 Å². The molecule has 26 heavy (non-hydrogen) atoms. The van der Waals surface area contributed by atoms with Crippen LogP contribution in [0.25, 0.3) is 6.08 Å². The first kappa shape index (κ1) is 19.2. The van der Waals surface area contributed by atoms with Crippen LogP contribution in [0.3, 0.4) is 0 Å². The van der Waals surface area contributed by atoms with E-state index in [0.29, 0.717) is 13.0 Å². The molecule has 3 rings (SSSR count). The number of Topliss-reactive ketones (excluding diaryl/α,β-unsaturated/α-hetero) is 1. The number of hydrogen-bond acceptors (Lipinski definition) is 7. The zero-order valence-electron chi connectivity index (χ0n) is 13.8. The van der Waals surface area contributed by atoms with Crippen LogP contribution in [0.5, 0.6) is 0 Å². The van der Waals surface area contributed by atoms with E-state index in [4.69, 9.17) is 4.74 Å². The molecule has 0 amide bonds. The minimum Gasteiger partial charge on any atom is -0.390 e. The molecule has 0 aromatic carbocycles. The Hall–Kier alpha value is -1.59. The maximum absolute atomic E-state index is 12.3. The number of aromatic nitrogens is 2. The van der Waals surface area contributed by atoms with Crippen molar-refractivity contribution in [1.29, 1.82) is 0 Å². The second kappa shape index (κ2) is 7.97. The molecule has 2 aliphatic heterocycles. The standard InChI is InChI=1S/C16H20BrN3O6/c17-4-3-8-7-20(16(25)19-15(8)24)11-6-10(21)14(26-11)13(23)12(22)9-2-1-5-18-9/h3-4,7,9-11,13-14,18,21,23H,1-2,5-6H2,(H,19,24,25)/b4-3+/t9-,10-,11+,13?,14-/m0/s1. The average Bonchev–Trinajstić information content (AvgIpc) is 3.26. The number of H-pyrrole nitrogens is 1. The Morgan fingerprint density at radius 2 is 2.23 bits per heavy atom. The topological polar surface area (TPSA) is 134 Å². The van der Waals surface area contributed by atoms with E-state index in [1.807, 2.05) is 0 Å². The first-order chi connectivity index (χ1) is 12.4. The number of nitrogens with zero attached hydrogens (tertiary/aromatic N) is 1. The van der Waals surface area contributed by atoms with Gasteiger partial charge in [-0.25, -0.2) is 4.79 Å². The monoisotopic (exact) mass is 429 g/mol. The van der Waals surface area contributed by atoms with Gasteiger partial charge in [0.2, 0.25) is 0 Å². The van der Waals surface area contributed by atoms with Crippen LogP contribution in [-0.2, 0) is 9.53 Å². The summed E-state index contributed by atoms with van der Waals surface area (Å²) in [6.07, 6.45) is -0.394. The Balaban J connectivity index is 1.80. The van der Waals surface area contributed by atoms with E-state index in [9.17, 15) is 24.6 Å². The van der Waals surface area contributed by atoms with Gasteiger partial charge in [0.1, 0.15) is 18.4 Å². The van der Waals surface area contributed by atoms with Crippen molar-refractivity contribution in [1.82, 2.24) is 14.9 Å². The molecule has 2 fully saturated rings. The van der Waals surface area contributed by atoms with Gasteiger partial charge in [0.25, 0.3) is 5.56 Å². The van der Waals surface area contributed by atoms with Gasteiger partial charge in [-0.15, -0.1) is 0 Å². The van der Waals surface area contributed by atoms with E-state index >= 15 is 0 Å². The van der Waals surface area contributed by atoms with Gasteiger partial charge in [-0.3, -0.25) is 19.1 Å². The van der Waals surface area contributed by atoms with Crippen molar-refractivity contribution < 1.29 is 19.7 Å². The molecule has 2 saturated heterocycles. The number of rotatable bonds is 5. The Bertz CT molecular complexity index is 813. The normalized spacial score (nSPS) is 30.1. The van der Waals surface area contributed by atoms with E-state index in [-0.39, 0.29) is 12.0 Å². The molecule has 4 N–H and O–H groups in total. The van der Waals surface area contributed by atoms with Crippen molar-refractivity contribution in [3.63, 3.8) is 0 Å². The van der Waals surface area contributed by atoms with Gasteiger partial charge in [-0.2, -0.15) is 0 Å².